The Kier molecular flexibility index (Phi) is 2.75. The Hall–Kier alpha value is -0.790. The monoisotopic (exact) mass is 195 g/mol. The number of hydrogen-bond donors (Lipinski definition) is 0. The van der Waals surface area contributed by atoms with Gasteiger partial charge in [0.2, 0.25) is 0 Å². The molecule has 0 aromatic rings. The Balaban J connectivity index is 2.94. The SMILES string of the molecule is C=CC1N=C(C(C)(C)C)OC1(C)CC. The largest absolute Gasteiger partial charge is 0.472 e. The van der Waals surface area contributed by atoms with Crippen molar-refractivity contribution in [2.75, 3.05) is 0 Å². The van der Waals surface area contributed by atoms with Gasteiger partial charge in [0.05, 0.1) is 0 Å². The highest BCUT2D eigenvalue weighted by atomic mass is 16.5. The average molecular weight is 195 g/mol. The van der Waals surface area contributed by atoms with Crippen molar-refractivity contribution in [1.29, 1.82) is 0 Å². The Labute approximate surface area is 87.1 Å². The van der Waals surface area contributed by atoms with Crippen LogP contribution in [0.3, 0.4) is 0 Å². The van der Waals surface area contributed by atoms with Gasteiger partial charge in [0.1, 0.15) is 11.6 Å². The quantitative estimate of drug-likeness (QED) is 0.620. The van der Waals surface area contributed by atoms with Crippen molar-refractivity contribution in [2.45, 2.75) is 52.7 Å². The fourth-order valence-electron chi connectivity index (χ4n) is 1.50. The van der Waals surface area contributed by atoms with Crippen molar-refractivity contribution in [2.24, 2.45) is 10.4 Å². The summed E-state index contributed by atoms with van der Waals surface area (Å²) in [5.41, 5.74) is -0.196. The first kappa shape index (κ1) is 11.3. The molecule has 0 saturated heterocycles. The lowest BCUT2D eigenvalue weighted by Gasteiger charge is -2.28. The molecule has 80 valence electrons. The number of ether oxygens (including phenoxy) is 1. The van der Waals surface area contributed by atoms with Gasteiger partial charge in [-0.1, -0.05) is 33.8 Å². The number of nitrogens with zero attached hydrogens (tertiary/aromatic N) is 1. The third-order valence-corrected chi connectivity index (χ3v) is 2.78. The van der Waals surface area contributed by atoms with Crippen molar-refractivity contribution in [3.05, 3.63) is 12.7 Å². The molecule has 0 aromatic heterocycles. The molecule has 14 heavy (non-hydrogen) atoms. The molecule has 2 unspecified atom stereocenters. The molecule has 2 atom stereocenters. The van der Waals surface area contributed by atoms with E-state index < -0.39 is 0 Å². The van der Waals surface area contributed by atoms with Crippen LogP contribution in [0.25, 0.3) is 0 Å². The summed E-state index contributed by atoms with van der Waals surface area (Å²) < 4.78 is 5.94. The van der Waals surface area contributed by atoms with Gasteiger partial charge in [-0.25, -0.2) is 4.99 Å². The summed E-state index contributed by atoms with van der Waals surface area (Å²) in [5, 5.41) is 0. The predicted molar refractivity (Wildman–Crippen MR) is 60.7 cm³/mol. The lowest BCUT2D eigenvalue weighted by Crippen LogP contribution is -2.36. The van der Waals surface area contributed by atoms with Gasteiger partial charge in [-0.05, 0) is 13.3 Å². The van der Waals surface area contributed by atoms with E-state index in [1.54, 1.807) is 0 Å². The molecule has 1 aliphatic heterocycles. The van der Waals surface area contributed by atoms with Crippen molar-refractivity contribution >= 4 is 5.90 Å². The second kappa shape index (κ2) is 3.41. The molecule has 0 N–H and O–H groups in total. The lowest BCUT2D eigenvalue weighted by molar-refractivity contribution is 0.0733. The lowest BCUT2D eigenvalue weighted by atomic mass is 9.94. The first-order valence-corrected chi connectivity index (χ1v) is 5.23. The molecule has 0 aliphatic carbocycles. The van der Waals surface area contributed by atoms with Gasteiger partial charge in [0.25, 0.3) is 0 Å². The standard InChI is InChI=1S/C12H21NO/c1-7-9-12(6,8-2)14-10(13-9)11(3,4)5/h7,9H,1,8H2,2-6H3. The van der Waals surface area contributed by atoms with E-state index in [0.717, 1.165) is 12.3 Å². The summed E-state index contributed by atoms with van der Waals surface area (Å²) in [7, 11) is 0. The summed E-state index contributed by atoms with van der Waals surface area (Å²) in [6, 6.07) is 0.0988. The molecule has 0 spiro atoms. The zero-order chi connectivity index (χ0) is 11.0. The zero-order valence-corrected chi connectivity index (χ0v) is 9.92. The zero-order valence-electron chi connectivity index (χ0n) is 9.92. The van der Waals surface area contributed by atoms with Crippen molar-refractivity contribution in [3.8, 4) is 0 Å². The fourth-order valence-corrected chi connectivity index (χ4v) is 1.50. The minimum absolute atomic E-state index is 0.00576. The molecule has 1 rings (SSSR count). The van der Waals surface area contributed by atoms with Crippen LogP contribution in [-0.4, -0.2) is 17.5 Å². The van der Waals surface area contributed by atoms with Gasteiger partial charge >= 0.3 is 0 Å². The molecular formula is C12H21NO. The summed E-state index contributed by atoms with van der Waals surface area (Å²) in [6.07, 6.45) is 2.83. The summed E-state index contributed by atoms with van der Waals surface area (Å²) in [4.78, 5) is 4.58. The van der Waals surface area contributed by atoms with Gasteiger partial charge in [0.15, 0.2) is 5.90 Å². The highest BCUT2D eigenvalue weighted by Crippen LogP contribution is 2.34. The van der Waals surface area contributed by atoms with Crippen LogP contribution >= 0.6 is 0 Å². The molecule has 1 aliphatic rings. The van der Waals surface area contributed by atoms with Crippen LogP contribution in [0.2, 0.25) is 0 Å². The normalized spacial score (nSPS) is 32.4. The number of aliphatic imine (C=N–C) groups is 1. The third-order valence-electron chi connectivity index (χ3n) is 2.78. The fraction of sp³-hybridized carbons (Fsp3) is 0.750. The predicted octanol–water partition coefficient (Wildman–Crippen LogP) is 3.18. The van der Waals surface area contributed by atoms with Crippen LogP contribution in [-0.2, 0) is 4.74 Å². The summed E-state index contributed by atoms with van der Waals surface area (Å²) >= 11 is 0. The van der Waals surface area contributed by atoms with Gasteiger partial charge in [0, 0.05) is 5.41 Å². The first-order chi connectivity index (χ1) is 6.33. The molecule has 0 bridgehead atoms. The highest BCUT2D eigenvalue weighted by molar-refractivity contribution is 5.84. The molecule has 0 radical (unpaired) electrons. The molecular weight excluding hydrogens is 174 g/mol. The Bertz CT molecular complexity index is 262. The molecule has 1 heterocycles. The minimum atomic E-state index is -0.190. The maximum atomic E-state index is 5.94. The number of hydrogen-bond acceptors (Lipinski definition) is 2. The Morgan fingerprint density at radius 1 is 1.57 bits per heavy atom. The molecule has 0 saturated carbocycles. The van der Waals surface area contributed by atoms with E-state index in [0.29, 0.717) is 0 Å². The van der Waals surface area contributed by atoms with E-state index in [1.807, 2.05) is 6.08 Å². The second-order valence-electron chi connectivity index (χ2n) is 5.13. The van der Waals surface area contributed by atoms with E-state index >= 15 is 0 Å². The van der Waals surface area contributed by atoms with E-state index in [9.17, 15) is 0 Å². The maximum absolute atomic E-state index is 5.94. The van der Waals surface area contributed by atoms with Crippen LogP contribution in [0.4, 0.5) is 0 Å². The minimum Gasteiger partial charge on any atom is -0.472 e. The van der Waals surface area contributed by atoms with Crippen molar-refractivity contribution in [1.82, 2.24) is 0 Å². The van der Waals surface area contributed by atoms with Gasteiger partial charge in [-0.3, -0.25) is 0 Å². The van der Waals surface area contributed by atoms with Crippen LogP contribution in [0, 0.1) is 5.41 Å². The van der Waals surface area contributed by atoms with Crippen LogP contribution in [0.5, 0.6) is 0 Å². The van der Waals surface area contributed by atoms with Crippen LogP contribution in [0.15, 0.2) is 17.6 Å². The van der Waals surface area contributed by atoms with Crippen LogP contribution in [0.1, 0.15) is 41.0 Å². The molecule has 0 aromatic carbocycles. The second-order valence-corrected chi connectivity index (χ2v) is 5.13. The third kappa shape index (κ3) is 1.84. The van der Waals surface area contributed by atoms with E-state index in [2.05, 4.69) is 46.2 Å². The first-order valence-electron chi connectivity index (χ1n) is 5.23. The molecule has 2 heteroatoms. The van der Waals surface area contributed by atoms with Crippen LogP contribution < -0.4 is 0 Å². The van der Waals surface area contributed by atoms with E-state index in [-0.39, 0.29) is 17.1 Å². The Morgan fingerprint density at radius 3 is 2.43 bits per heavy atom. The number of rotatable bonds is 2. The van der Waals surface area contributed by atoms with E-state index in [4.69, 9.17) is 4.74 Å². The maximum Gasteiger partial charge on any atom is 0.190 e. The highest BCUT2D eigenvalue weighted by Gasteiger charge is 2.42. The summed E-state index contributed by atoms with van der Waals surface area (Å²) in [6.45, 7) is 14.4. The topological polar surface area (TPSA) is 21.6 Å². The molecule has 0 fully saturated rings. The van der Waals surface area contributed by atoms with Gasteiger partial charge in [-0.2, -0.15) is 0 Å². The van der Waals surface area contributed by atoms with Crippen molar-refractivity contribution in [3.63, 3.8) is 0 Å². The molecule has 2 nitrogen and oxygen atoms in total. The van der Waals surface area contributed by atoms with Crippen molar-refractivity contribution < 1.29 is 4.74 Å². The average Bonchev–Trinajstić information content (AvgIpc) is 2.43. The van der Waals surface area contributed by atoms with Gasteiger partial charge in [-0.15, -0.1) is 6.58 Å². The van der Waals surface area contributed by atoms with Gasteiger partial charge < -0.3 is 4.74 Å². The smallest absolute Gasteiger partial charge is 0.190 e. The summed E-state index contributed by atoms with van der Waals surface area (Å²) in [5.74, 6) is 0.853. The Morgan fingerprint density at radius 2 is 2.14 bits per heavy atom. The van der Waals surface area contributed by atoms with E-state index in [1.165, 1.54) is 0 Å². The molecule has 0 amide bonds.